The van der Waals surface area contributed by atoms with Crippen LogP contribution in [0.2, 0.25) is 0 Å². The van der Waals surface area contributed by atoms with E-state index >= 15 is 0 Å². The highest BCUT2D eigenvalue weighted by molar-refractivity contribution is 5.45. The zero-order valence-corrected chi connectivity index (χ0v) is 9.64. The van der Waals surface area contributed by atoms with Crippen LogP contribution < -0.4 is 5.73 Å². The van der Waals surface area contributed by atoms with Crippen molar-refractivity contribution in [2.24, 2.45) is 5.73 Å². The lowest BCUT2D eigenvalue weighted by molar-refractivity contribution is 0.275. The van der Waals surface area contributed by atoms with Crippen molar-refractivity contribution >= 4 is 5.65 Å². The molecule has 0 bridgehead atoms. The molecule has 0 spiro atoms. The maximum atomic E-state index is 8.89. The maximum Gasteiger partial charge on any atom is 0.137 e. The van der Waals surface area contributed by atoms with Crippen LogP contribution in [0.25, 0.3) is 5.65 Å². The molecule has 2 rings (SSSR count). The molecule has 4 nitrogen and oxygen atoms in total. The minimum absolute atomic E-state index is 0.0908. The van der Waals surface area contributed by atoms with Gasteiger partial charge in [0.15, 0.2) is 0 Å². The van der Waals surface area contributed by atoms with Gasteiger partial charge in [-0.1, -0.05) is 0 Å². The van der Waals surface area contributed by atoms with Gasteiger partial charge in [-0.2, -0.15) is 0 Å². The third-order valence-corrected chi connectivity index (χ3v) is 2.85. The number of rotatable bonds is 3. The first-order valence-electron chi connectivity index (χ1n) is 5.45. The monoisotopic (exact) mass is 219 g/mol. The lowest BCUT2D eigenvalue weighted by Crippen LogP contribution is -2.13. The second kappa shape index (κ2) is 4.23. The second-order valence-electron chi connectivity index (χ2n) is 4.13. The number of aryl methyl sites for hydroxylation is 2. The Bertz CT molecular complexity index is 504. The van der Waals surface area contributed by atoms with Crippen LogP contribution in [0.3, 0.4) is 0 Å². The van der Waals surface area contributed by atoms with E-state index in [1.165, 1.54) is 5.56 Å². The van der Waals surface area contributed by atoms with Crippen molar-refractivity contribution in [3.8, 4) is 0 Å². The molecular formula is C12H17N3O. The third-order valence-electron chi connectivity index (χ3n) is 2.85. The number of aromatic nitrogens is 2. The number of hydrogen-bond acceptors (Lipinski definition) is 3. The molecule has 16 heavy (non-hydrogen) atoms. The van der Waals surface area contributed by atoms with Crippen LogP contribution in [-0.4, -0.2) is 21.1 Å². The summed E-state index contributed by atoms with van der Waals surface area (Å²) in [6.45, 7) is 4.13. The third kappa shape index (κ3) is 1.81. The van der Waals surface area contributed by atoms with Gasteiger partial charge >= 0.3 is 0 Å². The van der Waals surface area contributed by atoms with E-state index in [9.17, 15) is 0 Å². The van der Waals surface area contributed by atoms with Gasteiger partial charge in [-0.25, -0.2) is 4.98 Å². The predicted octanol–water partition coefficient (Wildman–Crippen LogP) is 1.33. The van der Waals surface area contributed by atoms with E-state index in [4.69, 9.17) is 10.8 Å². The Balaban J connectivity index is 2.51. The van der Waals surface area contributed by atoms with Crippen molar-refractivity contribution in [2.45, 2.75) is 26.3 Å². The molecule has 3 N–H and O–H groups in total. The molecule has 0 amide bonds. The molecule has 0 aromatic carbocycles. The van der Waals surface area contributed by atoms with Gasteiger partial charge in [-0.3, -0.25) is 0 Å². The van der Waals surface area contributed by atoms with E-state index in [1.807, 2.05) is 36.6 Å². The fraction of sp³-hybridized carbons (Fsp3) is 0.417. The van der Waals surface area contributed by atoms with Gasteiger partial charge in [-0.15, -0.1) is 0 Å². The number of nitrogens with zero attached hydrogens (tertiary/aromatic N) is 2. The molecule has 4 heteroatoms. The Morgan fingerprint density at radius 2 is 2.25 bits per heavy atom. The quantitative estimate of drug-likeness (QED) is 0.818. The number of imidazole rings is 1. The maximum absolute atomic E-state index is 8.89. The minimum atomic E-state index is -0.190. The Hall–Kier alpha value is -1.39. The van der Waals surface area contributed by atoms with Crippen LogP contribution in [0.5, 0.6) is 0 Å². The molecule has 1 unspecified atom stereocenters. The molecule has 0 saturated heterocycles. The zero-order valence-electron chi connectivity index (χ0n) is 9.64. The molecule has 1 atom stereocenters. The number of hydrogen-bond donors (Lipinski definition) is 2. The number of aliphatic hydroxyl groups is 1. The highest BCUT2D eigenvalue weighted by Crippen LogP contribution is 2.19. The van der Waals surface area contributed by atoms with Crippen LogP contribution in [0, 0.1) is 13.8 Å². The Labute approximate surface area is 94.7 Å². The summed E-state index contributed by atoms with van der Waals surface area (Å²) in [6, 6.07) is 3.88. The standard InChI is InChI=1S/C12H17N3O/c1-8-3-5-15-9(2)12(10(13)4-6-16)14-11(15)7-8/h3,5,7,10,16H,4,6,13H2,1-2H3. The summed E-state index contributed by atoms with van der Waals surface area (Å²) in [7, 11) is 0. The molecule has 0 aliphatic rings. The molecule has 2 aromatic rings. The average molecular weight is 219 g/mol. The first-order valence-corrected chi connectivity index (χ1v) is 5.45. The number of aliphatic hydroxyl groups excluding tert-OH is 1. The topological polar surface area (TPSA) is 63.5 Å². The fourth-order valence-corrected chi connectivity index (χ4v) is 1.91. The lowest BCUT2D eigenvalue weighted by Gasteiger charge is -2.07. The number of pyridine rings is 1. The van der Waals surface area contributed by atoms with E-state index in [1.54, 1.807) is 0 Å². The Morgan fingerprint density at radius 3 is 2.94 bits per heavy atom. The van der Waals surface area contributed by atoms with E-state index < -0.39 is 0 Å². The highest BCUT2D eigenvalue weighted by atomic mass is 16.3. The minimum Gasteiger partial charge on any atom is -0.396 e. The largest absolute Gasteiger partial charge is 0.396 e. The summed E-state index contributed by atoms with van der Waals surface area (Å²) >= 11 is 0. The first-order chi connectivity index (χ1) is 7.63. The summed E-state index contributed by atoms with van der Waals surface area (Å²) < 4.78 is 2.03. The number of fused-ring (bicyclic) bond motifs is 1. The van der Waals surface area contributed by atoms with Crippen LogP contribution in [0.1, 0.15) is 29.4 Å². The Morgan fingerprint density at radius 1 is 1.50 bits per heavy atom. The molecule has 0 aliphatic carbocycles. The van der Waals surface area contributed by atoms with E-state index in [2.05, 4.69) is 4.98 Å². The average Bonchev–Trinajstić information content (AvgIpc) is 2.56. The molecule has 0 aliphatic heterocycles. The van der Waals surface area contributed by atoms with Crippen LogP contribution in [0.15, 0.2) is 18.3 Å². The summed E-state index contributed by atoms with van der Waals surface area (Å²) in [4.78, 5) is 4.52. The number of nitrogens with two attached hydrogens (primary N) is 1. The van der Waals surface area contributed by atoms with Crippen LogP contribution >= 0.6 is 0 Å². The second-order valence-corrected chi connectivity index (χ2v) is 4.13. The molecule has 2 aromatic heterocycles. The fourth-order valence-electron chi connectivity index (χ4n) is 1.91. The SMILES string of the molecule is Cc1ccn2c(C)c(C(N)CCO)nc2c1. The summed E-state index contributed by atoms with van der Waals surface area (Å²) in [6.07, 6.45) is 2.55. The van der Waals surface area contributed by atoms with Gasteiger partial charge in [0, 0.05) is 18.5 Å². The van der Waals surface area contributed by atoms with Crippen molar-refractivity contribution in [3.63, 3.8) is 0 Å². The predicted molar refractivity (Wildman–Crippen MR) is 63.3 cm³/mol. The summed E-state index contributed by atoms with van der Waals surface area (Å²) in [5.41, 5.74) is 10.00. The highest BCUT2D eigenvalue weighted by Gasteiger charge is 2.14. The van der Waals surface area contributed by atoms with Crippen molar-refractivity contribution in [1.29, 1.82) is 0 Å². The van der Waals surface area contributed by atoms with Crippen molar-refractivity contribution in [3.05, 3.63) is 35.3 Å². The molecular weight excluding hydrogens is 202 g/mol. The zero-order chi connectivity index (χ0) is 11.7. The van der Waals surface area contributed by atoms with Crippen molar-refractivity contribution in [2.75, 3.05) is 6.61 Å². The molecule has 2 heterocycles. The Kier molecular flexibility index (Phi) is 2.94. The van der Waals surface area contributed by atoms with E-state index in [0.29, 0.717) is 6.42 Å². The molecule has 0 saturated carbocycles. The lowest BCUT2D eigenvalue weighted by atomic mass is 10.1. The van der Waals surface area contributed by atoms with Gasteiger partial charge in [0.1, 0.15) is 5.65 Å². The van der Waals surface area contributed by atoms with Crippen LogP contribution in [-0.2, 0) is 0 Å². The van der Waals surface area contributed by atoms with E-state index in [-0.39, 0.29) is 12.6 Å². The van der Waals surface area contributed by atoms with Crippen molar-refractivity contribution < 1.29 is 5.11 Å². The molecule has 86 valence electrons. The van der Waals surface area contributed by atoms with Gasteiger partial charge in [0.2, 0.25) is 0 Å². The van der Waals surface area contributed by atoms with Gasteiger partial charge < -0.3 is 15.2 Å². The van der Waals surface area contributed by atoms with Crippen LogP contribution in [0.4, 0.5) is 0 Å². The molecule has 0 radical (unpaired) electrons. The molecule has 0 fully saturated rings. The van der Waals surface area contributed by atoms with Gasteiger partial charge in [0.25, 0.3) is 0 Å². The normalized spacial score (nSPS) is 13.2. The van der Waals surface area contributed by atoms with Gasteiger partial charge in [-0.05, 0) is 38.0 Å². The van der Waals surface area contributed by atoms with Crippen molar-refractivity contribution in [1.82, 2.24) is 9.38 Å². The summed E-state index contributed by atoms with van der Waals surface area (Å²) in [5, 5.41) is 8.89. The summed E-state index contributed by atoms with van der Waals surface area (Å²) in [5.74, 6) is 0. The van der Waals surface area contributed by atoms with Gasteiger partial charge in [0.05, 0.1) is 11.7 Å². The van der Waals surface area contributed by atoms with E-state index in [0.717, 1.165) is 17.0 Å². The smallest absolute Gasteiger partial charge is 0.137 e. The first kappa shape index (κ1) is 11.1.